The molecule has 14 heavy (non-hydrogen) atoms. The van der Waals surface area contributed by atoms with Gasteiger partial charge in [0.15, 0.2) is 0 Å². The van der Waals surface area contributed by atoms with Crippen LogP contribution >= 0.6 is 15.9 Å². The van der Waals surface area contributed by atoms with E-state index in [1.165, 1.54) is 0 Å². The Morgan fingerprint density at radius 2 is 2.14 bits per heavy atom. The number of rotatable bonds is 6. The molecule has 1 aliphatic rings. The summed E-state index contributed by atoms with van der Waals surface area (Å²) in [6.45, 7) is 0.309. The molecule has 0 bridgehead atoms. The molecule has 1 fully saturated rings. The van der Waals surface area contributed by atoms with Gasteiger partial charge in [0.1, 0.15) is 0 Å². The van der Waals surface area contributed by atoms with Gasteiger partial charge in [-0.25, -0.2) is 8.78 Å². The lowest BCUT2D eigenvalue weighted by Gasteiger charge is -2.12. The molecule has 0 spiro atoms. The molecule has 82 valence electrons. The van der Waals surface area contributed by atoms with Gasteiger partial charge in [-0.2, -0.15) is 0 Å². The molecule has 0 unspecified atom stereocenters. The molecule has 0 heterocycles. The van der Waals surface area contributed by atoms with Gasteiger partial charge in [-0.15, -0.1) is 0 Å². The first-order valence-electron chi connectivity index (χ1n) is 4.60. The number of carbonyl (C=O) groups excluding carboxylic acids is 1. The minimum absolute atomic E-state index is 0.132. The van der Waals surface area contributed by atoms with Crippen LogP contribution in [0.2, 0.25) is 0 Å². The summed E-state index contributed by atoms with van der Waals surface area (Å²) in [7, 11) is 0. The minimum Gasteiger partial charge on any atom is -0.466 e. The largest absolute Gasteiger partial charge is 0.466 e. The van der Waals surface area contributed by atoms with E-state index in [0.29, 0.717) is 25.9 Å². The Hall–Kier alpha value is -0.190. The highest BCUT2D eigenvalue weighted by Crippen LogP contribution is 2.53. The lowest BCUT2D eigenvalue weighted by atomic mass is 10.0. The molecular weight excluding hydrogens is 258 g/mol. The van der Waals surface area contributed by atoms with E-state index in [2.05, 4.69) is 15.9 Å². The van der Waals surface area contributed by atoms with E-state index in [-0.39, 0.29) is 6.42 Å². The molecule has 0 aromatic rings. The number of alkyl halides is 3. The van der Waals surface area contributed by atoms with Crippen LogP contribution in [0, 0.1) is 5.41 Å². The van der Waals surface area contributed by atoms with Crippen molar-refractivity contribution in [2.45, 2.75) is 32.1 Å². The monoisotopic (exact) mass is 270 g/mol. The molecule has 0 radical (unpaired) electrons. The number of carbonyl (C=O) groups is 1. The van der Waals surface area contributed by atoms with Gasteiger partial charge in [0.25, 0.3) is 0 Å². The molecule has 1 rings (SSSR count). The summed E-state index contributed by atoms with van der Waals surface area (Å²) in [5, 5.41) is 0.750. The van der Waals surface area contributed by atoms with Gasteiger partial charge >= 0.3 is 5.97 Å². The SMILES string of the molecule is O=C(CC1(C(F)F)CC1)OCCCBr. The number of halogens is 3. The van der Waals surface area contributed by atoms with Crippen molar-refractivity contribution >= 4 is 21.9 Å². The van der Waals surface area contributed by atoms with Crippen LogP contribution in [0.3, 0.4) is 0 Å². The normalized spacial score (nSPS) is 18.3. The zero-order chi connectivity index (χ0) is 10.6. The van der Waals surface area contributed by atoms with E-state index in [9.17, 15) is 13.6 Å². The molecule has 0 aromatic heterocycles. The maximum absolute atomic E-state index is 12.4. The molecule has 5 heteroatoms. The van der Waals surface area contributed by atoms with E-state index in [1.54, 1.807) is 0 Å². The molecule has 0 aromatic carbocycles. The first kappa shape index (κ1) is 11.9. The highest BCUT2D eigenvalue weighted by Gasteiger charge is 2.52. The van der Waals surface area contributed by atoms with Gasteiger partial charge in [0.2, 0.25) is 6.43 Å². The van der Waals surface area contributed by atoms with Crippen LogP contribution in [-0.2, 0) is 9.53 Å². The van der Waals surface area contributed by atoms with Gasteiger partial charge in [-0.05, 0) is 19.3 Å². The van der Waals surface area contributed by atoms with Crippen molar-refractivity contribution in [2.75, 3.05) is 11.9 Å². The van der Waals surface area contributed by atoms with Crippen molar-refractivity contribution in [2.24, 2.45) is 5.41 Å². The lowest BCUT2D eigenvalue weighted by molar-refractivity contribution is -0.146. The lowest BCUT2D eigenvalue weighted by Crippen LogP contribution is -2.19. The van der Waals surface area contributed by atoms with E-state index < -0.39 is 17.8 Å². The smallest absolute Gasteiger partial charge is 0.306 e. The molecule has 1 aliphatic carbocycles. The second-order valence-electron chi connectivity index (χ2n) is 3.60. The predicted octanol–water partition coefficient (Wildman–Crippen LogP) is 2.75. The first-order chi connectivity index (χ1) is 6.60. The van der Waals surface area contributed by atoms with Gasteiger partial charge in [0.05, 0.1) is 13.0 Å². The van der Waals surface area contributed by atoms with E-state index in [0.717, 1.165) is 5.33 Å². The fraction of sp³-hybridized carbons (Fsp3) is 0.889. The van der Waals surface area contributed by atoms with E-state index >= 15 is 0 Å². The molecular formula is C9H13BrF2O2. The maximum Gasteiger partial charge on any atom is 0.306 e. The zero-order valence-electron chi connectivity index (χ0n) is 7.77. The quantitative estimate of drug-likeness (QED) is 0.422. The van der Waals surface area contributed by atoms with Crippen LogP contribution < -0.4 is 0 Å². The maximum atomic E-state index is 12.4. The second-order valence-corrected chi connectivity index (χ2v) is 4.40. The summed E-state index contributed by atoms with van der Waals surface area (Å²) in [4.78, 5) is 11.1. The third-order valence-corrected chi connectivity index (χ3v) is 2.95. The summed E-state index contributed by atoms with van der Waals surface area (Å²) >= 11 is 3.19. The van der Waals surface area contributed by atoms with Crippen LogP contribution in [0.4, 0.5) is 8.78 Å². The van der Waals surface area contributed by atoms with E-state index in [1.807, 2.05) is 0 Å². The molecule has 2 nitrogen and oxygen atoms in total. The summed E-state index contributed by atoms with van der Waals surface area (Å²) < 4.78 is 29.6. The summed E-state index contributed by atoms with van der Waals surface area (Å²) in [6.07, 6.45) is -0.928. The average molecular weight is 271 g/mol. The highest BCUT2D eigenvalue weighted by molar-refractivity contribution is 9.09. The fourth-order valence-corrected chi connectivity index (χ4v) is 1.44. The van der Waals surface area contributed by atoms with Crippen LogP contribution in [-0.4, -0.2) is 24.3 Å². The number of ether oxygens (including phenoxy) is 1. The van der Waals surface area contributed by atoms with Gasteiger partial charge in [0, 0.05) is 10.7 Å². The molecule has 0 N–H and O–H groups in total. The first-order valence-corrected chi connectivity index (χ1v) is 5.72. The van der Waals surface area contributed by atoms with Crippen molar-refractivity contribution in [1.82, 2.24) is 0 Å². The van der Waals surface area contributed by atoms with E-state index in [4.69, 9.17) is 4.74 Å². The molecule has 0 aliphatic heterocycles. The molecule has 1 saturated carbocycles. The Kier molecular flexibility index (Phi) is 4.29. The van der Waals surface area contributed by atoms with Crippen LogP contribution in [0.25, 0.3) is 0 Å². The summed E-state index contributed by atoms with van der Waals surface area (Å²) in [6, 6.07) is 0. The van der Waals surface area contributed by atoms with Crippen molar-refractivity contribution in [3.63, 3.8) is 0 Å². The van der Waals surface area contributed by atoms with Crippen molar-refractivity contribution < 1.29 is 18.3 Å². The Morgan fingerprint density at radius 1 is 1.50 bits per heavy atom. The van der Waals surface area contributed by atoms with Crippen LogP contribution in [0.5, 0.6) is 0 Å². The molecule has 0 atom stereocenters. The fourth-order valence-electron chi connectivity index (χ4n) is 1.21. The van der Waals surface area contributed by atoms with Crippen molar-refractivity contribution in [3.8, 4) is 0 Å². The third-order valence-electron chi connectivity index (χ3n) is 2.39. The summed E-state index contributed by atoms with van der Waals surface area (Å²) in [5.41, 5.74) is -1.05. The Labute approximate surface area is 90.1 Å². The van der Waals surface area contributed by atoms with Crippen molar-refractivity contribution in [3.05, 3.63) is 0 Å². The Morgan fingerprint density at radius 3 is 2.57 bits per heavy atom. The molecule has 0 saturated heterocycles. The number of hydrogen-bond donors (Lipinski definition) is 0. The number of hydrogen-bond acceptors (Lipinski definition) is 2. The third kappa shape index (κ3) is 3.19. The minimum atomic E-state index is -2.40. The van der Waals surface area contributed by atoms with Crippen LogP contribution in [0.1, 0.15) is 25.7 Å². The molecule has 0 amide bonds. The Balaban J connectivity index is 2.20. The van der Waals surface area contributed by atoms with Gasteiger partial charge < -0.3 is 4.74 Å². The number of esters is 1. The average Bonchev–Trinajstić information content (AvgIpc) is 2.86. The van der Waals surface area contributed by atoms with Crippen molar-refractivity contribution in [1.29, 1.82) is 0 Å². The van der Waals surface area contributed by atoms with Gasteiger partial charge in [-0.3, -0.25) is 4.79 Å². The Bertz CT molecular complexity index is 205. The second kappa shape index (κ2) is 5.05. The zero-order valence-corrected chi connectivity index (χ0v) is 9.36. The topological polar surface area (TPSA) is 26.3 Å². The van der Waals surface area contributed by atoms with Crippen LogP contribution in [0.15, 0.2) is 0 Å². The van der Waals surface area contributed by atoms with Gasteiger partial charge in [-0.1, -0.05) is 15.9 Å². The standard InChI is InChI=1S/C9H13BrF2O2/c10-4-1-5-14-7(13)6-9(2-3-9)8(11)12/h8H,1-6H2. The summed E-state index contributed by atoms with van der Waals surface area (Å²) in [5.74, 6) is -0.497. The predicted molar refractivity (Wildman–Crippen MR) is 51.7 cm³/mol. The highest BCUT2D eigenvalue weighted by atomic mass is 79.9.